The maximum absolute atomic E-state index is 6.33. The van der Waals surface area contributed by atoms with Gasteiger partial charge < -0.3 is 4.74 Å². The van der Waals surface area contributed by atoms with E-state index in [-0.39, 0.29) is 6.10 Å². The first-order chi connectivity index (χ1) is 10.8. The lowest BCUT2D eigenvalue weighted by atomic mass is 9.91. The number of aryl methyl sites for hydroxylation is 1. The number of piperidine rings is 1. The second kappa shape index (κ2) is 6.07. The monoisotopic (exact) mass is 315 g/mol. The van der Waals surface area contributed by atoms with Gasteiger partial charge in [0.15, 0.2) is 0 Å². The van der Waals surface area contributed by atoms with Crippen molar-refractivity contribution in [3.05, 3.63) is 46.2 Å². The smallest absolute Gasteiger partial charge is 0.125 e. The maximum atomic E-state index is 6.33. The predicted octanol–water partition coefficient (Wildman–Crippen LogP) is 3.20. The molecular formula is C17H21N3OS. The van der Waals surface area contributed by atoms with Gasteiger partial charge in [-0.1, -0.05) is 0 Å². The minimum Gasteiger partial charge on any atom is -0.367 e. The Bertz CT molecular complexity index is 631. The predicted molar refractivity (Wildman–Crippen MR) is 86.7 cm³/mol. The number of likely N-dealkylation sites (tertiary alicyclic amines) is 1. The van der Waals surface area contributed by atoms with Gasteiger partial charge in [-0.25, -0.2) is 9.97 Å². The third-order valence-electron chi connectivity index (χ3n) is 4.75. The van der Waals surface area contributed by atoms with Crippen LogP contribution in [0.3, 0.4) is 0 Å². The first-order valence-corrected chi connectivity index (χ1v) is 8.90. The summed E-state index contributed by atoms with van der Waals surface area (Å²) in [5.41, 5.74) is 2.47. The van der Waals surface area contributed by atoms with Crippen molar-refractivity contribution in [2.75, 3.05) is 13.1 Å². The highest BCUT2D eigenvalue weighted by molar-refractivity contribution is 7.07. The van der Waals surface area contributed by atoms with Crippen LogP contribution < -0.4 is 0 Å². The van der Waals surface area contributed by atoms with Crippen LogP contribution >= 0.6 is 11.3 Å². The van der Waals surface area contributed by atoms with Gasteiger partial charge in [0.25, 0.3) is 0 Å². The Morgan fingerprint density at radius 1 is 1.41 bits per heavy atom. The van der Waals surface area contributed by atoms with Gasteiger partial charge in [0.1, 0.15) is 11.9 Å². The van der Waals surface area contributed by atoms with Gasteiger partial charge in [-0.05, 0) is 60.7 Å². The fraction of sp³-hybridized carbons (Fsp3) is 0.529. The Labute approximate surface area is 135 Å². The Morgan fingerprint density at radius 3 is 3.18 bits per heavy atom. The Morgan fingerprint density at radius 2 is 2.36 bits per heavy atom. The quantitative estimate of drug-likeness (QED) is 0.872. The third kappa shape index (κ3) is 2.93. The lowest BCUT2D eigenvalue weighted by Gasteiger charge is -2.33. The summed E-state index contributed by atoms with van der Waals surface area (Å²) in [4.78, 5) is 11.3. The van der Waals surface area contributed by atoms with Crippen molar-refractivity contribution in [3.8, 4) is 0 Å². The molecule has 4 rings (SSSR count). The van der Waals surface area contributed by atoms with Crippen LogP contribution in [0.1, 0.15) is 36.0 Å². The summed E-state index contributed by atoms with van der Waals surface area (Å²) in [7, 11) is 0. The molecule has 2 aliphatic heterocycles. The zero-order valence-corrected chi connectivity index (χ0v) is 13.6. The number of thiophene rings is 1. The molecule has 4 nitrogen and oxygen atoms in total. The minimum atomic E-state index is 0.151. The van der Waals surface area contributed by atoms with Gasteiger partial charge in [0.2, 0.25) is 0 Å². The number of hydrogen-bond donors (Lipinski definition) is 0. The van der Waals surface area contributed by atoms with Crippen LogP contribution in [0.5, 0.6) is 0 Å². The van der Waals surface area contributed by atoms with E-state index < -0.39 is 0 Å². The molecule has 2 aliphatic rings. The van der Waals surface area contributed by atoms with Crippen LogP contribution in [0.25, 0.3) is 0 Å². The number of hydrogen-bond acceptors (Lipinski definition) is 5. The normalized spacial score (nSPS) is 28.7. The van der Waals surface area contributed by atoms with Crippen molar-refractivity contribution >= 4 is 11.3 Å². The zero-order chi connectivity index (χ0) is 14.9. The molecule has 0 unspecified atom stereocenters. The molecule has 0 aromatic carbocycles. The summed E-state index contributed by atoms with van der Waals surface area (Å²) >= 11 is 1.77. The van der Waals surface area contributed by atoms with Crippen molar-refractivity contribution in [1.29, 1.82) is 0 Å². The molecule has 4 heterocycles. The molecule has 0 amide bonds. The third-order valence-corrected chi connectivity index (χ3v) is 5.48. The van der Waals surface area contributed by atoms with Crippen LogP contribution in [0, 0.1) is 12.8 Å². The molecule has 116 valence electrons. The first-order valence-electron chi connectivity index (χ1n) is 7.96. The van der Waals surface area contributed by atoms with E-state index in [9.17, 15) is 0 Å². The van der Waals surface area contributed by atoms with Crippen LogP contribution in [0.4, 0.5) is 0 Å². The van der Waals surface area contributed by atoms with Crippen LogP contribution in [0.2, 0.25) is 0 Å². The molecule has 0 aliphatic carbocycles. The second-order valence-electron chi connectivity index (χ2n) is 6.34. The highest BCUT2D eigenvalue weighted by Gasteiger charge is 2.40. The van der Waals surface area contributed by atoms with Gasteiger partial charge in [0.05, 0.1) is 11.8 Å². The highest BCUT2D eigenvalue weighted by Crippen LogP contribution is 2.40. The van der Waals surface area contributed by atoms with Crippen molar-refractivity contribution in [3.63, 3.8) is 0 Å². The van der Waals surface area contributed by atoms with Crippen molar-refractivity contribution in [1.82, 2.24) is 14.9 Å². The lowest BCUT2D eigenvalue weighted by Crippen LogP contribution is -2.41. The highest BCUT2D eigenvalue weighted by atomic mass is 32.1. The Kier molecular flexibility index (Phi) is 3.94. The molecule has 0 N–H and O–H groups in total. The molecule has 3 atom stereocenters. The average molecular weight is 315 g/mol. The van der Waals surface area contributed by atoms with E-state index in [1.165, 1.54) is 18.5 Å². The fourth-order valence-electron chi connectivity index (χ4n) is 3.62. The van der Waals surface area contributed by atoms with E-state index in [4.69, 9.17) is 4.74 Å². The second-order valence-corrected chi connectivity index (χ2v) is 7.12. The molecule has 0 bridgehead atoms. The van der Waals surface area contributed by atoms with Gasteiger partial charge >= 0.3 is 0 Å². The van der Waals surface area contributed by atoms with Crippen LogP contribution in [-0.4, -0.2) is 34.1 Å². The molecule has 2 saturated heterocycles. The van der Waals surface area contributed by atoms with Crippen molar-refractivity contribution in [2.24, 2.45) is 5.92 Å². The number of rotatable bonds is 3. The Balaban J connectivity index is 1.41. The molecule has 22 heavy (non-hydrogen) atoms. The zero-order valence-electron chi connectivity index (χ0n) is 12.8. The standard InChI is InChI=1S/C17H21N3OS/c1-12-18-5-2-15(19-12)16-8-14-3-6-20(10-17(14)21-16)9-13-4-7-22-11-13/h2,4-5,7,11,14,16-17H,3,6,8-10H2,1H3/t14-,16-,17+/m0/s1. The van der Waals surface area contributed by atoms with E-state index in [0.29, 0.717) is 12.0 Å². The summed E-state index contributed by atoms with van der Waals surface area (Å²) < 4.78 is 6.33. The van der Waals surface area contributed by atoms with E-state index in [2.05, 4.69) is 31.7 Å². The summed E-state index contributed by atoms with van der Waals surface area (Å²) in [5, 5.41) is 4.40. The number of fused-ring (bicyclic) bond motifs is 1. The lowest BCUT2D eigenvalue weighted by molar-refractivity contribution is -0.0107. The largest absolute Gasteiger partial charge is 0.367 e. The molecular weight excluding hydrogens is 294 g/mol. The summed E-state index contributed by atoms with van der Waals surface area (Å²) in [6.45, 7) is 5.21. The van der Waals surface area contributed by atoms with E-state index >= 15 is 0 Å². The molecule has 2 aromatic rings. The number of nitrogens with zero attached hydrogens (tertiary/aromatic N) is 3. The average Bonchev–Trinajstić information content (AvgIpc) is 3.16. The topological polar surface area (TPSA) is 38.2 Å². The van der Waals surface area contributed by atoms with Gasteiger partial charge in [-0.15, -0.1) is 0 Å². The molecule has 0 radical (unpaired) electrons. The van der Waals surface area contributed by atoms with Gasteiger partial charge in [-0.2, -0.15) is 11.3 Å². The van der Waals surface area contributed by atoms with E-state index in [1.54, 1.807) is 11.3 Å². The molecule has 5 heteroatoms. The molecule has 2 fully saturated rings. The van der Waals surface area contributed by atoms with Gasteiger partial charge in [-0.3, -0.25) is 4.90 Å². The number of aromatic nitrogens is 2. The summed E-state index contributed by atoms with van der Waals surface area (Å²) in [5.74, 6) is 1.51. The van der Waals surface area contributed by atoms with Crippen LogP contribution in [0.15, 0.2) is 29.1 Å². The maximum Gasteiger partial charge on any atom is 0.125 e. The van der Waals surface area contributed by atoms with E-state index in [1.807, 2.05) is 19.2 Å². The Hall–Kier alpha value is -1.30. The summed E-state index contributed by atoms with van der Waals surface area (Å²) in [6.07, 6.45) is 4.68. The molecule has 0 spiro atoms. The van der Waals surface area contributed by atoms with Crippen molar-refractivity contribution < 1.29 is 4.74 Å². The first kappa shape index (κ1) is 14.3. The summed E-state index contributed by atoms with van der Waals surface area (Å²) in [6, 6.07) is 4.22. The molecule has 2 aromatic heterocycles. The number of ether oxygens (including phenoxy) is 1. The van der Waals surface area contributed by atoms with Gasteiger partial charge in [0, 0.05) is 19.3 Å². The fourth-order valence-corrected chi connectivity index (χ4v) is 4.28. The minimum absolute atomic E-state index is 0.151. The van der Waals surface area contributed by atoms with E-state index in [0.717, 1.165) is 31.0 Å². The van der Waals surface area contributed by atoms with Crippen LogP contribution in [-0.2, 0) is 11.3 Å². The molecule has 0 saturated carbocycles. The SMILES string of the molecule is Cc1nccc([C@@H]2C[C@@H]3CCN(Cc4ccsc4)C[C@H]3O2)n1. The van der Waals surface area contributed by atoms with Crippen molar-refractivity contribution in [2.45, 2.75) is 38.5 Å².